The van der Waals surface area contributed by atoms with Gasteiger partial charge in [-0.1, -0.05) is 24.3 Å². The van der Waals surface area contributed by atoms with Gasteiger partial charge < -0.3 is 20.1 Å². The van der Waals surface area contributed by atoms with Crippen molar-refractivity contribution in [3.05, 3.63) is 54.1 Å². The minimum atomic E-state index is -0.904. The van der Waals surface area contributed by atoms with Crippen LogP contribution in [-0.4, -0.2) is 76.6 Å². The van der Waals surface area contributed by atoms with Gasteiger partial charge in [-0.15, -0.1) is 0 Å². The van der Waals surface area contributed by atoms with Crippen LogP contribution in [0.1, 0.15) is 32.1 Å². The maximum Gasteiger partial charge on any atom is 0.319 e. The molecule has 0 radical (unpaired) electrons. The van der Waals surface area contributed by atoms with Crippen molar-refractivity contribution < 1.29 is 23.0 Å². The number of nitrogens with one attached hydrogen (secondary N) is 1. The highest BCUT2D eigenvalue weighted by molar-refractivity contribution is 6.01. The van der Waals surface area contributed by atoms with Gasteiger partial charge in [-0.2, -0.15) is 9.97 Å². The number of hydrogen-bond acceptors (Lipinski definition) is 7. The van der Waals surface area contributed by atoms with E-state index in [9.17, 15) is 9.50 Å². The smallest absolute Gasteiger partial charge is 0.319 e. The Bertz CT molecular complexity index is 1700. The number of nitrogens with zero attached hydrogens (tertiary/aromatic N) is 4. The Labute approximate surface area is 241 Å². The average molecular weight is 576 g/mol. The predicted octanol–water partition coefficient (Wildman–Crippen LogP) is 5.33. The maximum atomic E-state index is 16.7. The van der Waals surface area contributed by atoms with E-state index in [0.29, 0.717) is 29.6 Å². The van der Waals surface area contributed by atoms with E-state index in [0.717, 1.165) is 45.3 Å². The molecule has 4 fully saturated rings. The summed E-state index contributed by atoms with van der Waals surface area (Å²) in [7, 11) is 0. The molecular formula is C32H32F3N5O2. The van der Waals surface area contributed by atoms with Crippen molar-refractivity contribution >= 4 is 27.5 Å². The molecule has 0 spiro atoms. The van der Waals surface area contributed by atoms with E-state index < -0.39 is 23.3 Å². The van der Waals surface area contributed by atoms with Crippen molar-refractivity contribution in [1.29, 1.82) is 0 Å². The number of piperazine rings is 1. The van der Waals surface area contributed by atoms with Gasteiger partial charge in [0.1, 0.15) is 35.7 Å². The maximum absolute atomic E-state index is 16.7. The lowest BCUT2D eigenvalue weighted by Crippen LogP contribution is -2.52. The first-order valence-electron chi connectivity index (χ1n) is 14.8. The highest BCUT2D eigenvalue weighted by Gasteiger charge is 2.49. The number of anilines is 1. The normalized spacial score (nSPS) is 27.3. The lowest BCUT2D eigenvalue weighted by atomic mass is 9.95. The number of benzene rings is 3. The fraction of sp³-hybridized carbons (Fsp3) is 0.438. The predicted molar refractivity (Wildman–Crippen MR) is 155 cm³/mol. The largest absolute Gasteiger partial charge is 0.508 e. The number of alkyl halides is 1. The van der Waals surface area contributed by atoms with Crippen molar-refractivity contribution in [2.24, 2.45) is 0 Å². The molecule has 8 rings (SSSR count). The number of halogens is 3. The highest BCUT2D eigenvalue weighted by Crippen LogP contribution is 2.43. The Hall–Kier alpha value is -3.63. The first-order valence-corrected chi connectivity index (χ1v) is 14.8. The highest BCUT2D eigenvalue weighted by atomic mass is 19.1. The van der Waals surface area contributed by atoms with Gasteiger partial charge >= 0.3 is 6.01 Å². The topological polar surface area (TPSA) is 73.8 Å². The third-order valence-corrected chi connectivity index (χ3v) is 9.81. The molecule has 2 N–H and O–H groups in total. The van der Waals surface area contributed by atoms with E-state index in [1.165, 1.54) is 12.1 Å². The van der Waals surface area contributed by atoms with Gasteiger partial charge in [0.05, 0.1) is 11.1 Å². The van der Waals surface area contributed by atoms with Gasteiger partial charge in [0.2, 0.25) is 0 Å². The van der Waals surface area contributed by atoms with Crippen LogP contribution in [-0.2, 0) is 0 Å². The number of fused-ring (bicyclic) bond motifs is 5. The number of phenols is 1. The Morgan fingerprint density at radius 1 is 1.05 bits per heavy atom. The molecule has 0 amide bonds. The summed E-state index contributed by atoms with van der Waals surface area (Å²) in [6.45, 7) is 2.94. The second kappa shape index (κ2) is 9.70. The van der Waals surface area contributed by atoms with Crippen molar-refractivity contribution in [3.63, 3.8) is 0 Å². The van der Waals surface area contributed by atoms with Gasteiger partial charge in [0.15, 0.2) is 5.82 Å². The molecule has 4 aliphatic heterocycles. The molecule has 2 bridgehead atoms. The van der Waals surface area contributed by atoms with E-state index in [2.05, 4.69) is 20.1 Å². The Morgan fingerprint density at radius 2 is 1.86 bits per heavy atom. The minimum absolute atomic E-state index is 0.0104. The summed E-state index contributed by atoms with van der Waals surface area (Å²) in [5.74, 6) is -1.21. The van der Waals surface area contributed by atoms with Crippen LogP contribution in [0.15, 0.2) is 42.5 Å². The van der Waals surface area contributed by atoms with E-state index in [1.807, 2.05) is 6.07 Å². The van der Waals surface area contributed by atoms with E-state index >= 15 is 8.78 Å². The van der Waals surface area contributed by atoms with Crippen molar-refractivity contribution in [2.75, 3.05) is 37.7 Å². The molecule has 4 aromatic rings. The monoisotopic (exact) mass is 575 g/mol. The zero-order valence-electron chi connectivity index (χ0n) is 23.1. The van der Waals surface area contributed by atoms with Crippen LogP contribution < -0.4 is 15.0 Å². The summed E-state index contributed by atoms with van der Waals surface area (Å²) >= 11 is 0. The van der Waals surface area contributed by atoms with E-state index in [4.69, 9.17) is 9.72 Å². The molecular weight excluding hydrogens is 543 g/mol. The van der Waals surface area contributed by atoms with Crippen molar-refractivity contribution in [2.45, 2.75) is 55.9 Å². The van der Waals surface area contributed by atoms with E-state index in [-0.39, 0.29) is 52.5 Å². The van der Waals surface area contributed by atoms with Crippen LogP contribution in [0.2, 0.25) is 0 Å². The van der Waals surface area contributed by atoms with Gasteiger partial charge in [0, 0.05) is 43.5 Å². The first-order chi connectivity index (χ1) is 20.4. The van der Waals surface area contributed by atoms with Gasteiger partial charge in [-0.05, 0) is 66.8 Å². The number of aromatic hydroxyl groups is 1. The molecule has 4 aliphatic rings. The van der Waals surface area contributed by atoms with Gasteiger partial charge in [0.25, 0.3) is 0 Å². The minimum Gasteiger partial charge on any atom is -0.508 e. The second-order valence-electron chi connectivity index (χ2n) is 12.3. The summed E-state index contributed by atoms with van der Waals surface area (Å²) < 4.78 is 53.3. The van der Waals surface area contributed by atoms with Crippen molar-refractivity contribution in [1.82, 2.24) is 20.2 Å². The van der Waals surface area contributed by atoms with Crippen LogP contribution in [0, 0.1) is 11.6 Å². The molecule has 1 aromatic heterocycles. The number of rotatable bonds is 5. The Morgan fingerprint density at radius 3 is 2.69 bits per heavy atom. The van der Waals surface area contributed by atoms with Crippen LogP contribution >= 0.6 is 0 Å². The number of phenolic OH excluding ortho intramolecular Hbond substituents is 1. The summed E-state index contributed by atoms with van der Waals surface area (Å²) in [5.41, 5.74) is -0.468. The van der Waals surface area contributed by atoms with Gasteiger partial charge in [-0.3, -0.25) is 4.90 Å². The summed E-state index contributed by atoms with van der Waals surface area (Å²) in [5, 5.41) is 15.4. The zero-order chi connectivity index (χ0) is 28.6. The third-order valence-electron chi connectivity index (χ3n) is 9.81. The molecule has 218 valence electrons. The lowest BCUT2D eigenvalue weighted by molar-refractivity contribution is 0.107. The molecule has 10 heteroatoms. The first kappa shape index (κ1) is 26.0. The summed E-state index contributed by atoms with van der Waals surface area (Å²) in [4.78, 5) is 13.6. The molecule has 0 aliphatic carbocycles. The standard InChI is InChI=1S/C32H32F3N5O2/c33-19-13-32(8-3-9-39(32)16-19)17-42-31-37-29-25(30(38-31)40-20-6-7-21(40)15-36-14-20)12-26(34)27(28(29)35)24-11-22(41)10-18-4-1-2-5-23(18)24/h1-2,4-5,10-12,19-21,36,41H,3,6-9,13-17H2/t19-,20?,21?,32+/m1/s1. The fourth-order valence-corrected chi connectivity index (χ4v) is 7.94. The number of ether oxygens (including phenoxy) is 1. The van der Waals surface area contributed by atoms with Gasteiger partial charge in [-0.25, -0.2) is 13.2 Å². The number of hydrogen-bond donors (Lipinski definition) is 2. The fourth-order valence-electron chi connectivity index (χ4n) is 7.94. The Balaban J connectivity index is 1.29. The van der Waals surface area contributed by atoms with Crippen LogP contribution in [0.25, 0.3) is 32.8 Å². The summed E-state index contributed by atoms with van der Waals surface area (Å²) in [6.07, 6.45) is 3.19. The molecule has 3 aromatic carbocycles. The quantitative estimate of drug-likeness (QED) is 0.333. The SMILES string of the molecule is Oc1cc(-c2c(F)cc3c(N4C5CCC4CNC5)nc(OC[C@@]45CCCN4C[C@H](F)C5)nc3c2F)c2ccccc2c1. The lowest BCUT2D eigenvalue weighted by Gasteiger charge is -2.37. The molecule has 2 unspecified atom stereocenters. The summed E-state index contributed by atoms with van der Waals surface area (Å²) in [6, 6.07) is 11.7. The number of aromatic nitrogens is 2. The molecule has 5 heterocycles. The molecule has 42 heavy (non-hydrogen) atoms. The third kappa shape index (κ3) is 4.02. The molecule has 0 saturated carbocycles. The Kier molecular flexibility index (Phi) is 6.01. The second-order valence-corrected chi connectivity index (χ2v) is 12.3. The average Bonchev–Trinajstić information content (AvgIpc) is 3.58. The van der Waals surface area contributed by atoms with E-state index in [1.54, 1.807) is 24.3 Å². The van der Waals surface area contributed by atoms with Crippen molar-refractivity contribution in [3.8, 4) is 22.9 Å². The molecule has 7 nitrogen and oxygen atoms in total. The van der Waals surface area contributed by atoms with Crippen LogP contribution in [0.4, 0.5) is 19.0 Å². The molecule has 4 atom stereocenters. The van der Waals surface area contributed by atoms with Crippen LogP contribution in [0.3, 0.4) is 0 Å². The molecule has 4 saturated heterocycles. The zero-order valence-corrected chi connectivity index (χ0v) is 23.1. The van der Waals surface area contributed by atoms with Crippen LogP contribution in [0.5, 0.6) is 11.8 Å².